The molecule has 1 aromatic carbocycles. The van der Waals surface area contributed by atoms with Gasteiger partial charge < -0.3 is 5.73 Å². The van der Waals surface area contributed by atoms with Crippen molar-refractivity contribution in [1.29, 1.82) is 0 Å². The maximum atomic E-state index is 12.3. The van der Waals surface area contributed by atoms with Crippen LogP contribution < -0.4 is 10.5 Å². The van der Waals surface area contributed by atoms with Crippen LogP contribution in [-0.2, 0) is 16.2 Å². The second-order valence-electron chi connectivity index (χ2n) is 3.77. The van der Waals surface area contributed by atoms with E-state index in [0.29, 0.717) is 0 Å². The number of benzene rings is 1. The molecule has 4 nitrogen and oxygen atoms in total. The normalized spacial score (nSPS) is 13.9. The van der Waals surface area contributed by atoms with E-state index in [1.807, 2.05) is 0 Å². The van der Waals surface area contributed by atoms with E-state index in [0.717, 1.165) is 24.3 Å². The van der Waals surface area contributed by atoms with Gasteiger partial charge in [-0.2, -0.15) is 13.2 Å². The SMILES string of the molecule is CC(C(N)=S)S(=O)(=O)Nc1ccc(C(F)(F)F)cc1. The molecule has 0 aromatic heterocycles. The maximum Gasteiger partial charge on any atom is 0.416 e. The first kappa shape index (κ1) is 15.7. The van der Waals surface area contributed by atoms with Crippen LogP contribution in [0.4, 0.5) is 18.9 Å². The molecule has 0 aliphatic rings. The highest BCUT2D eigenvalue weighted by Crippen LogP contribution is 2.30. The first-order chi connectivity index (χ1) is 8.54. The first-order valence-electron chi connectivity index (χ1n) is 5.02. The molecule has 9 heteroatoms. The molecule has 1 atom stereocenters. The van der Waals surface area contributed by atoms with E-state index in [1.54, 1.807) is 0 Å². The Morgan fingerprint density at radius 2 is 1.79 bits per heavy atom. The molecule has 106 valence electrons. The Balaban J connectivity index is 2.93. The highest BCUT2D eigenvalue weighted by Gasteiger charge is 2.30. The monoisotopic (exact) mass is 312 g/mol. The Hall–Kier alpha value is -1.35. The summed E-state index contributed by atoms with van der Waals surface area (Å²) in [6.45, 7) is 1.29. The fourth-order valence-corrected chi connectivity index (χ4v) is 2.46. The van der Waals surface area contributed by atoms with Crippen LogP contribution in [0.5, 0.6) is 0 Å². The van der Waals surface area contributed by atoms with Gasteiger partial charge >= 0.3 is 6.18 Å². The van der Waals surface area contributed by atoms with Crippen LogP contribution in [0.1, 0.15) is 12.5 Å². The summed E-state index contributed by atoms with van der Waals surface area (Å²) < 4.78 is 62.5. The zero-order valence-electron chi connectivity index (χ0n) is 9.73. The van der Waals surface area contributed by atoms with E-state index >= 15 is 0 Å². The largest absolute Gasteiger partial charge is 0.416 e. The molecule has 1 aromatic rings. The smallest absolute Gasteiger partial charge is 0.392 e. The molecule has 0 spiro atoms. The Labute approximate surface area is 113 Å². The van der Waals surface area contributed by atoms with Gasteiger partial charge in [0.25, 0.3) is 0 Å². The third kappa shape index (κ3) is 4.06. The molecule has 19 heavy (non-hydrogen) atoms. The third-order valence-electron chi connectivity index (χ3n) is 2.34. The molecule has 0 saturated carbocycles. The summed E-state index contributed by atoms with van der Waals surface area (Å²) in [5.74, 6) is 0. The number of nitrogens with one attached hydrogen (secondary N) is 1. The van der Waals surface area contributed by atoms with Crippen molar-refractivity contribution < 1.29 is 21.6 Å². The van der Waals surface area contributed by atoms with Gasteiger partial charge in [-0.1, -0.05) is 12.2 Å². The fourth-order valence-electron chi connectivity index (χ4n) is 1.13. The van der Waals surface area contributed by atoms with Gasteiger partial charge in [-0.25, -0.2) is 8.42 Å². The van der Waals surface area contributed by atoms with Gasteiger partial charge in [0.2, 0.25) is 10.0 Å². The lowest BCUT2D eigenvalue weighted by molar-refractivity contribution is -0.137. The number of alkyl halides is 3. The van der Waals surface area contributed by atoms with Crippen LogP contribution >= 0.6 is 12.2 Å². The molecule has 3 N–H and O–H groups in total. The summed E-state index contributed by atoms with van der Waals surface area (Å²) >= 11 is 4.56. The quantitative estimate of drug-likeness (QED) is 0.835. The van der Waals surface area contributed by atoms with E-state index in [-0.39, 0.29) is 10.7 Å². The van der Waals surface area contributed by atoms with Crippen molar-refractivity contribution in [2.45, 2.75) is 18.3 Å². The number of anilines is 1. The van der Waals surface area contributed by atoms with Crippen LogP contribution in [0.25, 0.3) is 0 Å². The standard InChI is InChI=1S/C10H11F3N2O2S2/c1-6(9(14)18)19(16,17)15-8-4-2-7(3-5-8)10(11,12)13/h2-6,15H,1H3,(H2,14,18). The topological polar surface area (TPSA) is 72.2 Å². The van der Waals surface area contributed by atoms with Crippen LogP contribution in [-0.4, -0.2) is 18.7 Å². The minimum absolute atomic E-state index is 0.0103. The van der Waals surface area contributed by atoms with Gasteiger partial charge in [0.15, 0.2) is 0 Å². The predicted molar refractivity (Wildman–Crippen MR) is 70.2 cm³/mol. The number of rotatable bonds is 4. The molecule has 1 unspecified atom stereocenters. The van der Waals surface area contributed by atoms with Gasteiger partial charge in [0.05, 0.1) is 10.6 Å². The van der Waals surface area contributed by atoms with Crippen molar-refractivity contribution in [3.63, 3.8) is 0 Å². The van der Waals surface area contributed by atoms with Crippen molar-refractivity contribution in [3.8, 4) is 0 Å². The molecule has 0 aliphatic carbocycles. The summed E-state index contributed by atoms with van der Waals surface area (Å²) in [6, 6.07) is 3.60. The van der Waals surface area contributed by atoms with Crippen LogP contribution in [0.15, 0.2) is 24.3 Å². The maximum absolute atomic E-state index is 12.3. The van der Waals surface area contributed by atoms with Crippen LogP contribution in [0, 0.1) is 0 Å². The summed E-state index contributed by atoms with van der Waals surface area (Å²) in [4.78, 5) is -0.223. The molecule has 0 bridgehead atoms. The van der Waals surface area contributed by atoms with Gasteiger partial charge in [-0.15, -0.1) is 0 Å². The first-order valence-corrected chi connectivity index (χ1v) is 6.97. The number of thiocarbonyl (C=S) groups is 1. The molecular formula is C10H11F3N2O2S2. The number of hydrogen-bond acceptors (Lipinski definition) is 3. The highest BCUT2D eigenvalue weighted by atomic mass is 32.2. The lowest BCUT2D eigenvalue weighted by atomic mass is 10.2. The Bertz CT molecular complexity index is 567. The molecular weight excluding hydrogens is 301 g/mol. The molecule has 0 saturated heterocycles. The van der Waals surface area contributed by atoms with Gasteiger partial charge in [0.1, 0.15) is 5.25 Å². The Kier molecular flexibility index (Phi) is 4.41. The number of halogens is 3. The molecule has 0 amide bonds. The highest BCUT2D eigenvalue weighted by molar-refractivity contribution is 7.95. The lowest BCUT2D eigenvalue weighted by Crippen LogP contribution is -2.35. The van der Waals surface area contributed by atoms with Crippen LogP contribution in [0.2, 0.25) is 0 Å². The van der Waals surface area contributed by atoms with Crippen molar-refractivity contribution in [2.24, 2.45) is 5.73 Å². The minimum Gasteiger partial charge on any atom is -0.392 e. The van der Waals surface area contributed by atoms with Crippen molar-refractivity contribution in [2.75, 3.05) is 4.72 Å². The van der Waals surface area contributed by atoms with Gasteiger partial charge in [-0.05, 0) is 31.2 Å². The van der Waals surface area contributed by atoms with Gasteiger partial charge in [0, 0.05) is 5.69 Å². The second kappa shape index (κ2) is 5.33. The average Bonchev–Trinajstić information content (AvgIpc) is 2.26. The summed E-state index contributed by atoms with van der Waals surface area (Å²) in [6.07, 6.45) is -4.47. The summed E-state index contributed by atoms with van der Waals surface area (Å²) in [5, 5.41) is -1.12. The van der Waals surface area contributed by atoms with E-state index in [2.05, 4.69) is 16.9 Å². The number of hydrogen-bond donors (Lipinski definition) is 2. The number of sulfonamides is 1. The van der Waals surface area contributed by atoms with Gasteiger partial charge in [-0.3, -0.25) is 4.72 Å². The van der Waals surface area contributed by atoms with Crippen LogP contribution in [0.3, 0.4) is 0 Å². The van der Waals surface area contributed by atoms with E-state index in [9.17, 15) is 21.6 Å². The molecule has 0 fully saturated rings. The van der Waals surface area contributed by atoms with Crippen molar-refractivity contribution >= 4 is 32.9 Å². The molecule has 0 aliphatic heterocycles. The third-order valence-corrected chi connectivity index (χ3v) is 4.55. The summed E-state index contributed by atoms with van der Waals surface area (Å²) in [5.41, 5.74) is 4.37. The average molecular weight is 312 g/mol. The zero-order chi connectivity index (χ0) is 14.8. The second-order valence-corrected chi connectivity index (χ2v) is 6.24. The summed E-state index contributed by atoms with van der Waals surface area (Å²) in [7, 11) is -3.86. The predicted octanol–water partition coefficient (Wildman–Crippen LogP) is 2.12. The van der Waals surface area contributed by atoms with E-state index < -0.39 is 27.0 Å². The van der Waals surface area contributed by atoms with Crippen molar-refractivity contribution in [3.05, 3.63) is 29.8 Å². The zero-order valence-corrected chi connectivity index (χ0v) is 11.4. The van der Waals surface area contributed by atoms with Crippen molar-refractivity contribution in [1.82, 2.24) is 0 Å². The van der Waals surface area contributed by atoms with E-state index in [4.69, 9.17) is 5.73 Å². The lowest BCUT2D eigenvalue weighted by Gasteiger charge is -2.14. The minimum atomic E-state index is -4.47. The van der Waals surface area contributed by atoms with E-state index in [1.165, 1.54) is 6.92 Å². The molecule has 1 rings (SSSR count). The number of nitrogens with two attached hydrogens (primary N) is 1. The fraction of sp³-hybridized carbons (Fsp3) is 0.300. The Morgan fingerprint density at radius 3 is 2.16 bits per heavy atom. The molecule has 0 heterocycles. The molecule has 0 radical (unpaired) electrons. The Morgan fingerprint density at radius 1 is 1.32 bits per heavy atom.